The smallest absolute Gasteiger partial charge is 0.324 e. The fourth-order valence-corrected chi connectivity index (χ4v) is 2.64. The van der Waals surface area contributed by atoms with Crippen LogP contribution in [0.2, 0.25) is 0 Å². The summed E-state index contributed by atoms with van der Waals surface area (Å²) >= 11 is 0. The number of nitrogens with zero attached hydrogens (tertiary/aromatic N) is 1. The lowest BCUT2D eigenvalue weighted by atomic mass is 10.0. The SMILES string of the molecule is CN(C)S(=O)(=O)NC1(C(=O)O)CCCC1. The largest absolute Gasteiger partial charge is 0.480 e. The van der Waals surface area contributed by atoms with E-state index in [9.17, 15) is 13.2 Å². The van der Waals surface area contributed by atoms with Crippen LogP contribution in [0.15, 0.2) is 0 Å². The monoisotopic (exact) mass is 236 g/mol. The van der Waals surface area contributed by atoms with Crippen LogP contribution in [0.3, 0.4) is 0 Å². The lowest BCUT2D eigenvalue weighted by Crippen LogP contribution is -2.55. The molecule has 0 spiro atoms. The second kappa shape index (κ2) is 4.07. The van der Waals surface area contributed by atoms with Crippen LogP contribution in [0.1, 0.15) is 25.7 Å². The van der Waals surface area contributed by atoms with Crippen molar-refractivity contribution in [2.45, 2.75) is 31.2 Å². The maximum absolute atomic E-state index is 11.5. The van der Waals surface area contributed by atoms with Gasteiger partial charge in [0.1, 0.15) is 5.54 Å². The van der Waals surface area contributed by atoms with E-state index >= 15 is 0 Å². The van der Waals surface area contributed by atoms with E-state index in [1.54, 1.807) is 0 Å². The van der Waals surface area contributed by atoms with Gasteiger partial charge in [-0.3, -0.25) is 4.79 Å². The quantitative estimate of drug-likeness (QED) is 0.706. The lowest BCUT2D eigenvalue weighted by Gasteiger charge is -2.26. The van der Waals surface area contributed by atoms with Gasteiger partial charge in [0.05, 0.1) is 0 Å². The molecule has 0 radical (unpaired) electrons. The van der Waals surface area contributed by atoms with Gasteiger partial charge in [-0.05, 0) is 12.8 Å². The number of nitrogens with one attached hydrogen (secondary N) is 1. The van der Waals surface area contributed by atoms with Crippen LogP contribution in [-0.2, 0) is 15.0 Å². The standard InChI is InChI=1S/C8H16N2O4S/c1-10(2)15(13,14)9-8(7(11)12)5-3-4-6-8/h9H,3-6H2,1-2H3,(H,11,12). The van der Waals surface area contributed by atoms with Gasteiger partial charge >= 0.3 is 5.97 Å². The van der Waals surface area contributed by atoms with Crippen LogP contribution < -0.4 is 4.72 Å². The summed E-state index contributed by atoms with van der Waals surface area (Å²) in [5.41, 5.74) is -1.30. The van der Waals surface area contributed by atoms with E-state index in [1.165, 1.54) is 14.1 Å². The minimum absolute atomic E-state index is 0.357. The molecule has 0 saturated heterocycles. The summed E-state index contributed by atoms with van der Waals surface area (Å²) in [7, 11) is -0.947. The molecule has 0 aromatic carbocycles. The lowest BCUT2D eigenvalue weighted by molar-refractivity contribution is -0.143. The van der Waals surface area contributed by atoms with Crippen LogP contribution in [0.25, 0.3) is 0 Å². The zero-order chi connectivity index (χ0) is 11.7. The van der Waals surface area contributed by atoms with Crippen LogP contribution in [0.4, 0.5) is 0 Å². The van der Waals surface area contributed by atoms with Crippen LogP contribution in [-0.4, -0.2) is 43.4 Å². The second-order valence-corrected chi connectivity index (χ2v) is 5.87. The number of carboxylic acids is 1. The van der Waals surface area contributed by atoms with Crippen LogP contribution in [0.5, 0.6) is 0 Å². The number of hydrogen-bond donors (Lipinski definition) is 2. The Bertz CT molecular complexity index is 344. The Morgan fingerprint density at radius 1 is 1.33 bits per heavy atom. The number of rotatable bonds is 4. The number of carbonyl (C=O) groups is 1. The van der Waals surface area contributed by atoms with E-state index in [4.69, 9.17) is 5.11 Å². The van der Waals surface area contributed by atoms with Crippen molar-refractivity contribution in [3.05, 3.63) is 0 Å². The third-order valence-electron chi connectivity index (χ3n) is 2.67. The summed E-state index contributed by atoms with van der Waals surface area (Å²) in [6.07, 6.45) is 2.19. The molecule has 0 atom stereocenters. The van der Waals surface area contributed by atoms with Gasteiger partial charge in [-0.25, -0.2) is 0 Å². The highest BCUT2D eigenvalue weighted by atomic mass is 32.2. The maximum Gasteiger partial charge on any atom is 0.324 e. The first-order valence-corrected chi connectivity index (χ1v) is 6.19. The first-order chi connectivity index (χ1) is 6.80. The van der Waals surface area contributed by atoms with Crippen molar-refractivity contribution in [3.8, 4) is 0 Å². The Morgan fingerprint density at radius 3 is 2.13 bits per heavy atom. The molecule has 0 unspecified atom stereocenters. The van der Waals surface area contributed by atoms with Gasteiger partial charge in [-0.15, -0.1) is 0 Å². The van der Waals surface area contributed by atoms with Crippen LogP contribution in [0, 0.1) is 0 Å². The maximum atomic E-state index is 11.5. The van der Waals surface area contributed by atoms with Crippen molar-refractivity contribution >= 4 is 16.2 Å². The van der Waals surface area contributed by atoms with Gasteiger partial charge < -0.3 is 5.11 Å². The van der Waals surface area contributed by atoms with Crippen molar-refractivity contribution in [3.63, 3.8) is 0 Å². The molecule has 1 aliphatic carbocycles. The normalized spacial score (nSPS) is 20.7. The molecule has 0 aromatic heterocycles. The molecule has 0 amide bonds. The Hall–Kier alpha value is -0.660. The Kier molecular flexibility index (Phi) is 3.37. The van der Waals surface area contributed by atoms with Gasteiger partial charge in [-0.2, -0.15) is 17.4 Å². The van der Waals surface area contributed by atoms with Crippen molar-refractivity contribution in [1.82, 2.24) is 9.03 Å². The molecule has 1 rings (SSSR count). The molecule has 7 heteroatoms. The molecule has 1 aliphatic rings. The summed E-state index contributed by atoms with van der Waals surface area (Å²) in [5.74, 6) is -1.09. The van der Waals surface area contributed by atoms with E-state index in [0.717, 1.165) is 17.1 Å². The van der Waals surface area contributed by atoms with E-state index < -0.39 is 21.7 Å². The van der Waals surface area contributed by atoms with Crippen molar-refractivity contribution in [1.29, 1.82) is 0 Å². The van der Waals surface area contributed by atoms with Gasteiger partial charge in [0.15, 0.2) is 0 Å². The molecule has 0 heterocycles. The second-order valence-electron chi connectivity index (χ2n) is 3.98. The number of hydrogen-bond acceptors (Lipinski definition) is 3. The van der Waals surface area contributed by atoms with E-state index in [-0.39, 0.29) is 0 Å². The van der Waals surface area contributed by atoms with Crippen LogP contribution >= 0.6 is 0 Å². The molecule has 88 valence electrons. The Labute approximate surface area is 89.4 Å². The van der Waals surface area contributed by atoms with Gasteiger partial charge in [0.2, 0.25) is 0 Å². The van der Waals surface area contributed by atoms with Gasteiger partial charge in [-0.1, -0.05) is 12.8 Å². The zero-order valence-corrected chi connectivity index (χ0v) is 9.67. The number of aliphatic carboxylic acids is 1. The summed E-state index contributed by atoms with van der Waals surface area (Å²) in [5, 5.41) is 9.06. The topological polar surface area (TPSA) is 86.7 Å². The van der Waals surface area contributed by atoms with Crippen molar-refractivity contribution in [2.75, 3.05) is 14.1 Å². The fraction of sp³-hybridized carbons (Fsp3) is 0.875. The third kappa shape index (κ3) is 2.47. The van der Waals surface area contributed by atoms with E-state index in [0.29, 0.717) is 12.8 Å². The molecule has 15 heavy (non-hydrogen) atoms. The van der Waals surface area contributed by atoms with E-state index in [2.05, 4.69) is 4.72 Å². The number of carboxylic acid groups (broad SMARTS) is 1. The Balaban J connectivity index is 2.90. The fourth-order valence-electron chi connectivity index (χ4n) is 1.68. The van der Waals surface area contributed by atoms with E-state index in [1.807, 2.05) is 0 Å². The molecular formula is C8H16N2O4S. The minimum Gasteiger partial charge on any atom is -0.480 e. The first-order valence-electron chi connectivity index (χ1n) is 4.75. The summed E-state index contributed by atoms with van der Waals surface area (Å²) in [4.78, 5) is 11.1. The van der Waals surface area contributed by atoms with Crippen molar-refractivity contribution in [2.24, 2.45) is 0 Å². The average Bonchev–Trinajstić information content (AvgIpc) is 2.53. The zero-order valence-electron chi connectivity index (χ0n) is 8.86. The van der Waals surface area contributed by atoms with Gasteiger partial charge in [0, 0.05) is 14.1 Å². The highest BCUT2D eigenvalue weighted by molar-refractivity contribution is 7.87. The Morgan fingerprint density at radius 2 is 1.80 bits per heavy atom. The molecule has 0 aliphatic heterocycles. The predicted molar refractivity (Wildman–Crippen MR) is 54.6 cm³/mol. The molecule has 0 bridgehead atoms. The average molecular weight is 236 g/mol. The summed E-state index contributed by atoms with van der Waals surface area (Å²) < 4.78 is 26.3. The summed E-state index contributed by atoms with van der Waals surface area (Å²) in [6, 6.07) is 0. The minimum atomic E-state index is -3.68. The predicted octanol–water partition coefficient (Wildman–Crippen LogP) is -0.220. The molecule has 0 aromatic rings. The first kappa shape index (κ1) is 12.4. The highest BCUT2D eigenvalue weighted by Crippen LogP contribution is 2.30. The molecule has 6 nitrogen and oxygen atoms in total. The summed E-state index contributed by atoms with van der Waals surface area (Å²) in [6.45, 7) is 0. The molecule has 1 saturated carbocycles. The third-order valence-corrected chi connectivity index (χ3v) is 4.28. The molecular weight excluding hydrogens is 220 g/mol. The van der Waals surface area contributed by atoms with Crippen molar-refractivity contribution < 1.29 is 18.3 Å². The highest BCUT2D eigenvalue weighted by Gasteiger charge is 2.44. The molecule has 1 fully saturated rings. The van der Waals surface area contributed by atoms with Gasteiger partial charge in [0.25, 0.3) is 10.2 Å². The molecule has 2 N–H and O–H groups in total.